The molecule has 2 amide bonds. The third-order valence-electron chi connectivity index (χ3n) is 6.52. The number of nitrogens with one attached hydrogen (secondary N) is 3. The van der Waals surface area contributed by atoms with Crippen molar-refractivity contribution >= 4 is 38.5 Å². The van der Waals surface area contributed by atoms with Crippen LogP contribution in [0.3, 0.4) is 0 Å². The molecule has 0 aliphatic carbocycles. The van der Waals surface area contributed by atoms with Gasteiger partial charge in [-0.3, -0.25) is 9.59 Å². The number of amides is 2. The second-order valence-electron chi connectivity index (χ2n) is 10.8. The van der Waals surface area contributed by atoms with Crippen molar-refractivity contribution < 1.29 is 22.5 Å². The summed E-state index contributed by atoms with van der Waals surface area (Å²) in [4.78, 5) is 41.2. The fourth-order valence-corrected chi connectivity index (χ4v) is 5.30. The van der Waals surface area contributed by atoms with E-state index in [0.717, 1.165) is 6.26 Å². The molecule has 12 nitrogen and oxygen atoms in total. The zero-order valence-electron chi connectivity index (χ0n) is 23.9. The highest BCUT2D eigenvalue weighted by Crippen LogP contribution is 2.33. The van der Waals surface area contributed by atoms with Crippen LogP contribution in [-0.4, -0.2) is 51.6 Å². The van der Waals surface area contributed by atoms with Crippen molar-refractivity contribution in [2.75, 3.05) is 11.6 Å². The first-order valence-electron chi connectivity index (χ1n) is 13.2. The summed E-state index contributed by atoms with van der Waals surface area (Å²) in [6, 6.07) is 13.8. The highest BCUT2D eigenvalue weighted by molar-refractivity contribution is 7.90. The Labute approximate surface area is 247 Å². The fourth-order valence-electron chi connectivity index (χ4n) is 4.34. The summed E-state index contributed by atoms with van der Waals surface area (Å²) in [5.74, 6) is -0.335. The lowest BCUT2D eigenvalue weighted by Gasteiger charge is -2.12. The molecule has 3 N–H and O–H groups in total. The number of aromatic amines is 1. The third-order valence-corrected chi connectivity index (χ3v) is 7.70. The smallest absolute Gasteiger partial charge is 0.315 e. The van der Waals surface area contributed by atoms with Crippen molar-refractivity contribution in [2.24, 2.45) is 0 Å². The molecule has 0 aliphatic rings. The van der Waals surface area contributed by atoms with Gasteiger partial charge >= 0.3 is 11.8 Å². The predicted molar refractivity (Wildman–Crippen MR) is 161 cm³/mol. The van der Waals surface area contributed by atoms with Gasteiger partial charge in [-0.2, -0.15) is 4.98 Å². The highest BCUT2D eigenvalue weighted by atomic mass is 32.2. The number of H-pyrrole nitrogens is 1. The number of rotatable bonds is 8. The van der Waals surface area contributed by atoms with Crippen molar-refractivity contribution in [1.82, 2.24) is 30.4 Å². The summed E-state index contributed by atoms with van der Waals surface area (Å²) in [5, 5.41) is 9.29. The Morgan fingerprint density at radius 1 is 1.07 bits per heavy atom. The van der Waals surface area contributed by atoms with Gasteiger partial charge in [0.05, 0.1) is 10.6 Å². The van der Waals surface area contributed by atoms with Crippen LogP contribution < -0.4 is 10.6 Å². The molecule has 0 spiro atoms. The number of pyridine rings is 1. The van der Waals surface area contributed by atoms with Crippen molar-refractivity contribution in [2.45, 2.75) is 37.6 Å². The molecule has 0 bridgehead atoms. The molecule has 0 fully saturated rings. The summed E-state index contributed by atoms with van der Waals surface area (Å²) >= 11 is 0. The zero-order chi connectivity index (χ0) is 30.9. The maximum absolute atomic E-state index is 12.8. The summed E-state index contributed by atoms with van der Waals surface area (Å²) in [6.45, 7) is 9.08. The Morgan fingerprint density at radius 2 is 1.84 bits per heavy atom. The fraction of sp³-hybridized carbons (Fsp3) is 0.200. The number of carbonyl (C=O) groups excluding carboxylic acids is 2. The minimum Gasteiger partial charge on any atom is -0.344 e. The molecule has 0 radical (unpaired) electrons. The topological polar surface area (TPSA) is 173 Å². The van der Waals surface area contributed by atoms with E-state index in [0.29, 0.717) is 50.8 Å². The van der Waals surface area contributed by atoms with E-state index in [9.17, 15) is 18.0 Å². The van der Waals surface area contributed by atoms with Crippen molar-refractivity contribution in [3.05, 3.63) is 84.7 Å². The van der Waals surface area contributed by atoms with Crippen LogP contribution in [0.4, 0.5) is 5.69 Å². The lowest BCUT2D eigenvalue weighted by Crippen LogP contribution is -2.24. The zero-order valence-corrected chi connectivity index (χ0v) is 24.7. The number of benzene rings is 2. The number of imidazole rings is 1. The number of fused-ring (bicyclic) bond motifs is 1. The molecular formula is C30H29N7O5S. The Morgan fingerprint density at radius 3 is 2.53 bits per heavy atom. The molecule has 13 heteroatoms. The molecule has 43 heavy (non-hydrogen) atoms. The molecule has 3 aromatic heterocycles. The Kier molecular flexibility index (Phi) is 7.67. The molecule has 0 unspecified atom stereocenters. The Balaban J connectivity index is 1.48. The second kappa shape index (κ2) is 11.2. The molecule has 0 saturated carbocycles. The molecule has 3 heterocycles. The van der Waals surface area contributed by atoms with Crippen LogP contribution in [0.15, 0.2) is 76.8 Å². The number of hydrogen-bond acceptors (Lipinski definition) is 9. The van der Waals surface area contributed by atoms with Gasteiger partial charge in [0.25, 0.3) is 0 Å². The van der Waals surface area contributed by atoms with Crippen LogP contribution in [0.5, 0.6) is 0 Å². The lowest BCUT2D eigenvalue weighted by molar-refractivity contribution is -0.111. The van der Waals surface area contributed by atoms with Crippen LogP contribution >= 0.6 is 0 Å². The molecular weight excluding hydrogens is 570 g/mol. The van der Waals surface area contributed by atoms with Gasteiger partial charge in [-0.1, -0.05) is 56.8 Å². The first-order chi connectivity index (χ1) is 20.3. The predicted octanol–water partition coefficient (Wildman–Crippen LogP) is 4.43. The SMILES string of the molecule is C=CC(=O)Nc1ccccc1-c1nc2c(-c3ccc(CNC(=O)c4nc(C(C)(C)C)no4)c(S(C)(=O)=O)c3)ccnc2[nH]1. The number of hydrogen-bond donors (Lipinski definition) is 3. The van der Waals surface area contributed by atoms with E-state index in [1.54, 1.807) is 48.7 Å². The van der Waals surface area contributed by atoms with E-state index in [-0.39, 0.29) is 23.2 Å². The van der Waals surface area contributed by atoms with Crippen LogP contribution in [0.25, 0.3) is 33.7 Å². The van der Waals surface area contributed by atoms with Gasteiger partial charge in [-0.05, 0) is 41.5 Å². The van der Waals surface area contributed by atoms with Crippen LogP contribution in [0, 0.1) is 0 Å². The minimum atomic E-state index is -3.70. The number of aromatic nitrogens is 5. The Hall–Kier alpha value is -5.17. The number of anilines is 1. The average molecular weight is 600 g/mol. The van der Waals surface area contributed by atoms with Gasteiger partial charge in [0.1, 0.15) is 11.3 Å². The van der Waals surface area contributed by atoms with Crippen LogP contribution in [0.1, 0.15) is 42.8 Å². The highest BCUT2D eigenvalue weighted by Gasteiger charge is 2.24. The van der Waals surface area contributed by atoms with E-state index >= 15 is 0 Å². The molecule has 0 atom stereocenters. The van der Waals surface area contributed by atoms with E-state index in [1.165, 1.54) is 6.08 Å². The van der Waals surface area contributed by atoms with Gasteiger partial charge in [0.15, 0.2) is 21.3 Å². The summed E-state index contributed by atoms with van der Waals surface area (Å²) < 4.78 is 30.8. The van der Waals surface area contributed by atoms with Gasteiger partial charge in [0, 0.05) is 35.5 Å². The first kappa shape index (κ1) is 29.3. The molecule has 0 aliphatic heterocycles. The molecule has 5 rings (SSSR count). The second-order valence-corrected chi connectivity index (χ2v) is 12.8. The molecule has 220 valence electrons. The first-order valence-corrected chi connectivity index (χ1v) is 15.1. The van der Waals surface area contributed by atoms with Gasteiger partial charge in [-0.25, -0.2) is 18.4 Å². The quantitative estimate of drug-likeness (QED) is 0.218. The molecule has 0 saturated heterocycles. The van der Waals surface area contributed by atoms with E-state index < -0.39 is 21.2 Å². The van der Waals surface area contributed by atoms with Crippen molar-refractivity contribution in [3.63, 3.8) is 0 Å². The van der Waals surface area contributed by atoms with Crippen LogP contribution in [0.2, 0.25) is 0 Å². The number of para-hydroxylation sites is 1. The monoisotopic (exact) mass is 599 g/mol. The van der Waals surface area contributed by atoms with E-state index in [4.69, 9.17) is 9.51 Å². The maximum atomic E-state index is 12.8. The normalized spacial score (nSPS) is 11.8. The van der Waals surface area contributed by atoms with Gasteiger partial charge in [-0.15, -0.1) is 0 Å². The minimum absolute atomic E-state index is 0.0458. The average Bonchev–Trinajstić information content (AvgIpc) is 3.64. The standard InChI is InChI=1S/C30H29N7O5S/c1-6-23(38)33-21-10-8-7-9-20(21)25-34-24-19(13-14-31-26(24)35-25)17-11-12-18(22(15-17)43(5,40)41)16-32-27(39)28-36-29(37-42-28)30(2,3)4/h6-15H,1,16H2,2-5H3,(H,32,39)(H,33,38)(H,31,34,35). The van der Waals surface area contributed by atoms with E-state index in [1.807, 2.05) is 26.8 Å². The maximum Gasteiger partial charge on any atom is 0.315 e. The van der Waals surface area contributed by atoms with Gasteiger partial charge in [0.2, 0.25) is 5.91 Å². The van der Waals surface area contributed by atoms with E-state index in [2.05, 4.69) is 37.3 Å². The summed E-state index contributed by atoms with van der Waals surface area (Å²) in [6.07, 6.45) is 3.88. The summed E-state index contributed by atoms with van der Waals surface area (Å²) in [7, 11) is -3.70. The number of carbonyl (C=O) groups is 2. The largest absolute Gasteiger partial charge is 0.344 e. The van der Waals surface area contributed by atoms with Crippen LogP contribution in [-0.2, 0) is 26.6 Å². The number of nitrogens with zero attached hydrogens (tertiary/aromatic N) is 4. The molecule has 5 aromatic rings. The lowest BCUT2D eigenvalue weighted by atomic mass is 9.96. The van der Waals surface area contributed by atoms with Gasteiger partial charge < -0.3 is 20.1 Å². The third kappa shape index (κ3) is 6.21. The Bertz CT molecular complexity index is 1990. The van der Waals surface area contributed by atoms with Crippen molar-refractivity contribution in [1.29, 1.82) is 0 Å². The summed E-state index contributed by atoms with van der Waals surface area (Å²) in [5.41, 5.74) is 3.36. The number of sulfone groups is 1. The molecule has 2 aromatic carbocycles. The van der Waals surface area contributed by atoms with Crippen molar-refractivity contribution in [3.8, 4) is 22.5 Å².